The Kier molecular flexibility index (Phi) is 5.25. The number of ether oxygens (including phenoxy) is 1. The van der Waals surface area contributed by atoms with Crippen LogP contribution in [0.15, 0.2) is 6.20 Å². The van der Waals surface area contributed by atoms with Gasteiger partial charge in [-0.1, -0.05) is 0 Å². The zero-order valence-electron chi connectivity index (χ0n) is 8.97. The van der Waals surface area contributed by atoms with Crippen molar-refractivity contribution in [3.63, 3.8) is 0 Å². The Balaban J connectivity index is 1.99. The van der Waals surface area contributed by atoms with Crippen LogP contribution in [0.1, 0.15) is 24.9 Å². The summed E-state index contributed by atoms with van der Waals surface area (Å²) in [6, 6.07) is 0. The van der Waals surface area contributed by atoms with Crippen LogP contribution in [0.5, 0.6) is 0 Å². The fraction of sp³-hybridized carbons (Fsp3) is 0.700. The first-order valence-corrected chi connectivity index (χ1v) is 5.12. The number of nitrogens with one attached hydrogen (secondary N) is 2. The third-order valence-corrected chi connectivity index (χ3v) is 1.92. The molecule has 0 aromatic carbocycles. The van der Waals surface area contributed by atoms with Crippen LogP contribution in [0.2, 0.25) is 0 Å². The summed E-state index contributed by atoms with van der Waals surface area (Å²) in [7, 11) is 0. The summed E-state index contributed by atoms with van der Waals surface area (Å²) in [6.45, 7) is 7.45. The predicted octanol–water partition coefficient (Wildman–Crippen LogP) is 1.23. The maximum absolute atomic E-state index is 5.23. The third-order valence-electron chi connectivity index (χ3n) is 1.92. The Morgan fingerprint density at radius 3 is 3.07 bits per heavy atom. The van der Waals surface area contributed by atoms with Crippen LogP contribution in [-0.2, 0) is 11.3 Å². The average molecular weight is 197 g/mol. The Bertz CT molecular complexity index is 247. The average Bonchev–Trinajstić information content (AvgIpc) is 2.58. The molecular weight excluding hydrogens is 178 g/mol. The molecule has 0 saturated heterocycles. The topological polar surface area (TPSA) is 49.9 Å². The van der Waals surface area contributed by atoms with Crippen molar-refractivity contribution in [2.24, 2.45) is 0 Å². The number of nitrogens with zero attached hydrogens (tertiary/aromatic N) is 1. The molecule has 4 heteroatoms. The van der Waals surface area contributed by atoms with Gasteiger partial charge in [0, 0.05) is 31.6 Å². The molecule has 0 unspecified atom stereocenters. The predicted molar refractivity (Wildman–Crippen MR) is 56.1 cm³/mol. The van der Waals surface area contributed by atoms with Gasteiger partial charge in [0.05, 0.1) is 0 Å². The smallest absolute Gasteiger partial charge is 0.103 e. The van der Waals surface area contributed by atoms with Crippen molar-refractivity contribution in [1.82, 2.24) is 15.3 Å². The number of aryl methyl sites for hydroxylation is 1. The van der Waals surface area contributed by atoms with Gasteiger partial charge in [0.15, 0.2) is 0 Å². The van der Waals surface area contributed by atoms with Crippen molar-refractivity contribution in [2.75, 3.05) is 19.8 Å². The number of imidazole rings is 1. The highest BCUT2D eigenvalue weighted by Crippen LogP contribution is 1.94. The highest BCUT2D eigenvalue weighted by molar-refractivity contribution is 4.98. The van der Waals surface area contributed by atoms with E-state index in [2.05, 4.69) is 15.3 Å². The molecule has 1 heterocycles. The van der Waals surface area contributed by atoms with E-state index in [1.54, 1.807) is 0 Å². The second-order valence-corrected chi connectivity index (χ2v) is 3.22. The van der Waals surface area contributed by atoms with Gasteiger partial charge in [-0.2, -0.15) is 0 Å². The molecule has 4 nitrogen and oxygen atoms in total. The highest BCUT2D eigenvalue weighted by Gasteiger charge is 1.95. The first-order chi connectivity index (χ1) is 6.83. The van der Waals surface area contributed by atoms with Crippen molar-refractivity contribution < 1.29 is 4.74 Å². The lowest BCUT2D eigenvalue weighted by Gasteiger charge is -2.02. The van der Waals surface area contributed by atoms with E-state index in [0.29, 0.717) is 0 Å². The standard InChI is InChI=1S/C10H19N3O/c1-3-14-6-4-5-11-7-10-8-12-9(2)13-10/h8,11H,3-7H2,1-2H3,(H,12,13). The maximum atomic E-state index is 5.23. The minimum atomic E-state index is 0.805. The van der Waals surface area contributed by atoms with Gasteiger partial charge < -0.3 is 15.0 Å². The zero-order valence-corrected chi connectivity index (χ0v) is 8.97. The van der Waals surface area contributed by atoms with E-state index < -0.39 is 0 Å². The quantitative estimate of drug-likeness (QED) is 0.646. The van der Waals surface area contributed by atoms with E-state index >= 15 is 0 Å². The van der Waals surface area contributed by atoms with Crippen LogP contribution in [0, 0.1) is 6.92 Å². The second-order valence-electron chi connectivity index (χ2n) is 3.22. The monoisotopic (exact) mass is 197 g/mol. The van der Waals surface area contributed by atoms with Gasteiger partial charge in [-0.15, -0.1) is 0 Å². The third kappa shape index (κ3) is 4.39. The van der Waals surface area contributed by atoms with Gasteiger partial charge in [-0.25, -0.2) is 4.98 Å². The Hall–Kier alpha value is -0.870. The van der Waals surface area contributed by atoms with Crippen molar-refractivity contribution in [2.45, 2.75) is 26.8 Å². The van der Waals surface area contributed by atoms with Crippen LogP contribution in [0.3, 0.4) is 0 Å². The molecule has 0 radical (unpaired) electrons. The van der Waals surface area contributed by atoms with Crippen LogP contribution < -0.4 is 5.32 Å². The van der Waals surface area contributed by atoms with Gasteiger partial charge >= 0.3 is 0 Å². The van der Waals surface area contributed by atoms with Crippen LogP contribution in [-0.4, -0.2) is 29.7 Å². The van der Waals surface area contributed by atoms with Gasteiger partial charge in [-0.3, -0.25) is 0 Å². The molecule has 1 aromatic heterocycles. The Labute approximate surface area is 85.1 Å². The molecule has 14 heavy (non-hydrogen) atoms. The van der Waals surface area contributed by atoms with Gasteiger partial charge in [-0.05, 0) is 26.8 Å². The summed E-state index contributed by atoms with van der Waals surface area (Å²) in [6.07, 6.45) is 2.92. The van der Waals surface area contributed by atoms with Gasteiger partial charge in [0.2, 0.25) is 0 Å². The molecule has 80 valence electrons. The molecule has 0 aliphatic heterocycles. The molecule has 0 spiro atoms. The van der Waals surface area contributed by atoms with E-state index in [9.17, 15) is 0 Å². The number of hydrogen-bond donors (Lipinski definition) is 2. The number of rotatable bonds is 7. The van der Waals surface area contributed by atoms with Crippen molar-refractivity contribution in [3.05, 3.63) is 17.7 Å². The Morgan fingerprint density at radius 1 is 1.57 bits per heavy atom. The first kappa shape index (κ1) is 11.2. The molecule has 1 aromatic rings. The van der Waals surface area contributed by atoms with E-state index in [0.717, 1.165) is 44.2 Å². The molecular formula is C10H19N3O. The van der Waals surface area contributed by atoms with Crippen molar-refractivity contribution in [1.29, 1.82) is 0 Å². The van der Waals surface area contributed by atoms with Crippen LogP contribution in [0.4, 0.5) is 0 Å². The molecule has 1 rings (SSSR count). The lowest BCUT2D eigenvalue weighted by molar-refractivity contribution is 0.144. The van der Waals surface area contributed by atoms with E-state index in [-0.39, 0.29) is 0 Å². The van der Waals surface area contributed by atoms with Crippen molar-refractivity contribution in [3.8, 4) is 0 Å². The number of aromatic nitrogens is 2. The molecule has 0 amide bonds. The second kappa shape index (κ2) is 6.56. The normalized spacial score (nSPS) is 10.7. The summed E-state index contributed by atoms with van der Waals surface area (Å²) in [5, 5.41) is 3.32. The van der Waals surface area contributed by atoms with E-state index in [1.807, 2.05) is 20.0 Å². The van der Waals surface area contributed by atoms with E-state index in [4.69, 9.17) is 4.74 Å². The molecule has 0 atom stereocenters. The summed E-state index contributed by atoms with van der Waals surface area (Å²) < 4.78 is 5.23. The molecule has 0 bridgehead atoms. The first-order valence-electron chi connectivity index (χ1n) is 5.12. The minimum Gasteiger partial charge on any atom is -0.382 e. The SMILES string of the molecule is CCOCCCNCc1cnc(C)[nH]1. The van der Waals surface area contributed by atoms with Crippen molar-refractivity contribution >= 4 is 0 Å². The van der Waals surface area contributed by atoms with Crippen LogP contribution >= 0.6 is 0 Å². The minimum absolute atomic E-state index is 0.805. The highest BCUT2D eigenvalue weighted by atomic mass is 16.5. The molecule has 0 aliphatic rings. The van der Waals surface area contributed by atoms with Gasteiger partial charge in [0.25, 0.3) is 0 Å². The summed E-state index contributed by atoms with van der Waals surface area (Å²) >= 11 is 0. The number of hydrogen-bond acceptors (Lipinski definition) is 3. The molecule has 0 saturated carbocycles. The molecule has 0 aliphatic carbocycles. The Morgan fingerprint density at radius 2 is 2.43 bits per heavy atom. The lowest BCUT2D eigenvalue weighted by Crippen LogP contribution is -2.16. The molecule has 0 fully saturated rings. The summed E-state index contributed by atoms with van der Waals surface area (Å²) in [4.78, 5) is 7.30. The number of aromatic amines is 1. The fourth-order valence-electron chi connectivity index (χ4n) is 1.23. The fourth-order valence-corrected chi connectivity index (χ4v) is 1.23. The maximum Gasteiger partial charge on any atom is 0.103 e. The summed E-state index contributed by atoms with van der Waals surface area (Å²) in [5.74, 6) is 0.969. The largest absolute Gasteiger partial charge is 0.382 e. The van der Waals surface area contributed by atoms with E-state index in [1.165, 1.54) is 0 Å². The van der Waals surface area contributed by atoms with Gasteiger partial charge in [0.1, 0.15) is 5.82 Å². The zero-order chi connectivity index (χ0) is 10.2. The summed E-state index contributed by atoms with van der Waals surface area (Å²) in [5.41, 5.74) is 1.14. The number of H-pyrrole nitrogens is 1. The molecule has 2 N–H and O–H groups in total. The lowest BCUT2D eigenvalue weighted by atomic mass is 10.4. The van der Waals surface area contributed by atoms with Crippen LogP contribution in [0.25, 0.3) is 0 Å².